The number of rotatable bonds is 3. The lowest BCUT2D eigenvalue weighted by Gasteiger charge is -2.43. The fraction of sp³-hybridized carbons (Fsp3) is 0.947. The number of carbonyl (C=O) groups is 1. The minimum absolute atomic E-state index is 0.270. The standard InChI is InChI=1S/C19H36N2O/c1-14(2)15-11-17(20-16-9-7-6-8-10-16)13-21(12-15)18(22)19(3,4)5/h14-17,20H,6-13H2,1-5H3. The van der Waals surface area contributed by atoms with Gasteiger partial charge >= 0.3 is 0 Å². The normalized spacial score (nSPS) is 28.2. The predicted octanol–water partition coefficient (Wildman–Crippen LogP) is 3.83. The monoisotopic (exact) mass is 308 g/mol. The molecule has 2 fully saturated rings. The van der Waals surface area contributed by atoms with Crippen LogP contribution in [-0.4, -0.2) is 36.0 Å². The molecule has 2 aliphatic rings. The molecular weight excluding hydrogens is 272 g/mol. The van der Waals surface area contributed by atoms with E-state index in [0.29, 0.717) is 29.8 Å². The fourth-order valence-electron chi connectivity index (χ4n) is 3.98. The van der Waals surface area contributed by atoms with Gasteiger partial charge in [0, 0.05) is 30.6 Å². The Morgan fingerprint density at radius 3 is 2.23 bits per heavy atom. The molecule has 0 aromatic heterocycles. The summed E-state index contributed by atoms with van der Waals surface area (Å²) in [6.45, 7) is 12.6. The molecule has 1 aliphatic heterocycles. The highest BCUT2D eigenvalue weighted by Crippen LogP contribution is 2.28. The van der Waals surface area contributed by atoms with Gasteiger partial charge in [0.15, 0.2) is 0 Å². The van der Waals surface area contributed by atoms with Crippen LogP contribution >= 0.6 is 0 Å². The summed E-state index contributed by atoms with van der Waals surface area (Å²) in [5.74, 6) is 1.58. The lowest BCUT2D eigenvalue weighted by atomic mass is 9.83. The summed E-state index contributed by atoms with van der Waals surface area (Å²) >= 11 is 0. The highest BCUT2D eigenvalue weighted by Gasteiger charge is 2.36. The third kappa shape index (κ3) is 4.71. The van der Waals surface area contributed by atoms with Gasteiger partial charge in [-0.05, 0) is 31.1 Å². The van der Waals surface area contributed by atoms with Crippen LogP contribution in [0.1, 0.15) is 73.1 Å². The fourth-order valence-corrected chi connectivity index (χ4v) is 3.98. The second-order valence-corrected chi connectivity index (χ2v) is 8.90. The first-order valence-corrected chi connectivity index (χ1v) is 9.33. The highest BCUT2D eigenvalue weighted by molar-refractivity contribution is 5.81. The summed E-state index contributed by atoms with van der Waals surface area (Å²) in [5.41, 5.74) is -0.270. The van der Waals surface area contributed by atoms with Gasteiger partial charge < -0.3 is 10.2 Å². The van der Waals surface area contributed by atoms with E-state index < -0.39 is 0 Å². The molecule has 22 heavy (non-hydrogen) atoms. The van der Waals surface area contributed by atoms with Crippen LogP contribution in [-0.2, 0) is 4.79 Å². The molecule has 0 aromatic carbocycles. The Morgan fingerprint density at radius 1 is 1.05 bits per heavy atom. The van der Waals surface area contributed by atoms with Crippen molar-refractivity contribution in [1.29, 1.82) is 0 Å². The Labute approximate surface area is 137 Å². The van der Waals surface area contributed by atoms with Gasteiger partial charge in [-0.1, -0.05) is 53.9 Å². The van der Waals surface area contributed by atoms with Crippen molar-refractivity contribution in [3.05, 3.63) is 0 Å². The molecule has 0 spiro atoms. The van der Waals surface area contributed by atoms with Crippen LogP contribution in [0, 0.1) is 17.3 Å². The molecule has 128 valence electrons. The van der Waals surface area contributed by atoms with Gasteiger partial charge in [-0.2, -0.15) is 0 Å². The first kappa shape index (κ1) is 17.8. The molecule has 0 radical (unpaired) electrons. The van der Waals surface area contributed by atoms with Gasteiger partial charge in [0.2, 0.25) is 5.91 Å². The molecule has 2 atom stereocenters. The molecule has 3 nitrogen and oxygen atoms in total. The largest absolute Gasteiger partial charge is 0.340 e. The van der Waals surface area contributed by atoms with Gasteiger partial charge in [0.25, 0.3) is 0 Å². The number of hydrogen-bond donors (Lipinski definition) is 1. The molecule has 1 saturated heterocycles. The zero-order chi connectivity index (χ0) is 16.3. The number of carbonyl (C=O) groups excluding carboxylic acids is 1. The number of hydrogen-bond acceptors (Lipinski definition) is 2. The van der Waals surface area contributed by atoms with Crippen LogP contribution in [0.25, 0.3) is 0 Å². The van der Waals surface area contributed by atoms with E-state index in [1.54, 1.807) is 0 Å². The van der Waals surface area contributed by atoms with E-state index in [2.05, 4.69) is 24.1 Å². The topological polar surface area (TPSA) is 32.3 Å². The van der Waals surface area contributed by atoms with Crippen molar-refractivity contribution >= 4 is 5.91 Å². The molecular formula is C19H36N2O. The molecule has 1 heterocycles. The van der Waals surface area contributed by atoms with Crippen LogP contribution in [0.15, 0.2) is 0 Å². The van der Waals surface area contributed by atoms with E-state index in [-0.39, 0.29) is 5.41 Å². The van der Waals surface area contributed by atoms with Gasteiger partial charge in [-0.15, -0.1) is 0 Å². The molecule has 1 amide bonds. The second-order valence-electron chi connectivity index (χ2n) is 8.90. The van der Waals surface area contributed by atoms with E-state index in [4.69, 9.17) is 0 Å². The Bertz CT molecular complexity index is 366. The summed E-state index contributed by atoms with van der Waals surface area (Å²) in [6.07, 6.45) is 7.98. The molecule has 2 unspecified atom stereocenters. The lowest BCUT2D eigenvalue weighted by Crippen LogP contribution is -2.56. The quantitative estimate of drug-likeness (QED) is 0.859. The Kier molecular flexibility index (Phi) is 5.93. The van der Waals surface area contributed by atoms with Crippen LogP contribution in [0.2, 0.25) is 0 Å². The number of nitrogens with zero attached hydrogens (tertiary/aromatic N) is 1. The van der Waals surface area contributed by atoms with Crippen molar-refractivity contribution in [1.82, 2.24) is 10.2 Å². The zero-order valence-electron chi connectivity index (χ0n) is 15.3. The maximum atomic E-state index is 12.7. The van der Waals surface area contributed by atoms with Crippen molar-refractivity contribution < 1.29 is 4.79 Å². The third-order valence-electron chi connectivity index (χ3n) is 5.43. The SMILES string of the molecule is CC(C)C1CC(NC2CCCCC2)CN(C(=O)C(C)(C)C)C1. The second kappa shape index (κ2) is 7.33. The number of piperidine rings is 1. The molecule has 0 bridgehead atoms. The zero-order valence-corrected chi connectivity index (χ0v) is 15.3. The maximum absolute atomic E-state index is 12.7. The molecule has 3 heteroatoms. The van der Waals surface area contributed by atoms with Crippen molar-refractivity contribution in [2.75, 3.05) is 13.1 Å². The Balaban J connectivity index is 2.01. The van der Waals surface area contributed by atoms with Crippen LogP contribution < -0.4 is 5.32 Å². The smallest absolute Gasteiger partial charge is 0.228 e. The summed E-state index contributed by atoms with van der Waals surface area (Å²) in [6, 6.07) is 1.16. The van der Waals surface area contributed by atoms with Gasteiger partial charge in [0.1, 0.15) is 0 Å². The van der Waals surface area contributed by atoms with Gasteiger partial charge in [0.05, 0.1) is 0 Å². The minimum Gasteiger partial charge on any atom is -0.340 e. The molecule has 1 N–H and O–H groups in total. The summed E-state index contributed by atoms with van der Waals surface area (Å²) < 4.78 is 0. The minimum atomic E-state index is -0.270. The number of amides is 1. The predicted molar refractivity (Wildman–Crippen MR) is 92.8 cm³/mol. The van der Waals surface area contributed by atoms with Crippen LogP contribution in [0.5, 0.6) is 0 Å². The van der Waals surface area contributed by atoms with E-state index in [1.165, 1.54) is 38.5 Å². The first-order chi connectivity index (χ1) is 10.3. The maximum Gasteiger partial charge on any atom is 0.228 e. The summed E-state index contributed by atoms with van der Waals surface area (Å²) in [4.78, 5) is 14.9. The van der Waals surface area contributed by atoms with Crippen molar-refractivity contribution in [2.45, 2.75) is 85.2 Å². The number of nitrogens with one attached hydrogen (secondary N) is 1. The Morgan fingerprint density at radius 2 is 1.68 bits per heavy atom. The third-order valence-corrected chi connectivity index (χ3v) is 5.43. The first-order valence-electron chi connectivity index (χ1n) is 9.33. The highest BCUT2D eigenvalue weighted by atomic mass is 16.2. The molecule has 2 rings (SSSR count). The van der Waals surface area contributed by atoms with Crippen molar-refractivity contribution in [3.8, 4) is 0 Å². The van der Waals surface area contributed by atoms with E-state index in [0.717, 1.165) is 13.1 Å². The average molecular weight is 309 g/mol. The van der Waals surface area contributed by atoms with Gasteiger partial charge in [-0.3, -0.25) is 4.79 Å². The van der Waals surface area contributed by atoms with E-state index in [9.17, 15) is 4.79 Å². The van der Waals surface area contributed by atoms with E-state index in [1.807, 2.05) is 20.8 Å². The van der Waals surface area contributed by atoms with Crippen molar-refractivity contribution in [2.24, 2.45) is 17.3 Å². The number of likely N-dealkylation sites (tertiary alicyclic amines) is 1. The molecule has 0 aromatic rings. The van der Waals surface area contributed by atoms with Crippen LogP contribution in [0.3, 0.4) is 0 Å². The van der Waals surface area contributed by atoms with Crippen molar-refractivity contribution in [3.63, 3.8) is 0 Å². The molecule has 1 saturated carbocycles. The molecule has 1 aliphatic carbocycles. The average Bonchev–Trinajstić information content (AvgIpc) is 2.46. The lowest BCUT2D eigenvalue weighted by molar-refractivity contribution is -0.142. The summed E-state index contributed by atoms with van der Waals surface area (Å²) in [5, 5.41) is 3.89. The van der Waals surface area contributed by atoms with E-state index >= 15 is 0 Å². The summed E-state index contributed by atoms with van der Waals surface area (Å²) in [7, 11) is 0. The van der Waals surface area contributed by atoms with Gasteiger partial charge in [-0.25, -0.2) is 0 Å². The van der Waals surface area contributed by atoms with Crippen LogP contribution in [0.4, 0.5) is 0 Å². The Hall–Kier alpha value is -0.570.